The molecule has 2 heteroatoms. The maximum Gasteiger partial charge on any atom is 0.0289 e. The summed E-state index contributed by atoms with van der Waals surface area (Å²) in [5.74, 6) is 6.51. The van der Waals surface area contributed by atoms with Crippen LogP contribution in [0.2, 0.25) is 0 Å². The second kappa shape index (κ2) is 5.13. The van der Waals surface area contributed by atoms with Crippen LogP contribution in [-0.4, -0.2) is 6.04 Å². The molecule has 1 saturated carbocycles. The van der Waals surface area contributed by atoms with Crippen molar-refractivity contribution in [1.82, 2.24) is 5.43 Å². The van der Waals surface area contributed by atoms with E-state index in [0.29, 0.717) is 11.5 Å². The zero-order valence-electron chi connectivity index (χ0n) is 9.97. The van der Waals surface area contributed by atoms with Crippen LogP contribution in [-0.2, 0) is 0 Å². The molecule has 84 valence electrons. The summed E-state index contributed by atoms with van der Waals surface area (Å²) in [6.45, 7) is 6.91. The molecule has 1 atom stereocenters. The standard InChI is InChI=1S/C12H26N2/c1-4-12(2,3)11(14-13)10-8-6-5-7-9-10/h10-11,14H,4-9,13H2,1-3H3. The number of nitrogens with two attached hydrogens (primary N) is 1. The van der Waals surface area contributed by atoms with Crippen LogP contribution >= 0.6 is 0 Å². The molecule has 1 aliphatic rings. The van der Waals surface area contributed by atoms with Crippen molar-refractivity contribution in [3.8, 4) is 0 Å². The summed E-state index contributed by atoms with van der Waals surface area (Å²) in [6, 6.07) is 0.493. The number of hydrazine groups is 1. The van der Waals surface area contributed by atoms with Crippen molar-refractivity contribution in [1.29, 1.82) is 0 Å². The van der Waals surface area contributed by atoms with E-state index in [0.717, 1.165) is 5.92 Å². The summed E-state index contributed by atoms with van der Waals surface area (Å²) in [5.41, 5.74) is 3.39. The third-order valence-corrected chi connectivity index (χ3v) is 4.05. The number of nitrogens with one attached hydrogen (secondary N) is 1. The number of hydrogen-bond donors (Lipinski definition) is 2. The summed E-state index contributed by atoms with van der Waals surface area (Å²) in [7, 11) is 0. The van der Waals surface area contributed by atoms with Crippen LogP contribution in [0.4, 0.5) is 0 Å². The van der Waals surface area contributed by atoms with Crippen molar-refractivity contribution < 1.29 is 0 Å². The van der Waals surface area contributed by atoms with Gasteiger partial charge in [-0.15, -0.1) is 0 Å². The highest BCUT2D eigenvalue weighted by Gasteiger charge is 2.33. The highest BCUT2D eigenvalue weighted by atomic mass is 15.2. The molecule has 1 fully saturated rings. The molecule has 14 heavy (non-hydrogen) atoms. The fraction of sp³-hybridized carbons (Fsp3) is 1.00. The van der Waals surface area contributed by atoms with E-state index in [1.54, 1.807) is 0 Å². The second-order valence-corrected chi connectivity index (χ2v) is 5.38. The van der Waals surface area contributed by atoms with E-state index in [-0.39, 0.29) is 0 Å². The Kier molecular flexibility index (Phi) is 4.39. The zero-order valence-corrected chi connectivity index (χ0v) is 9.97. The molecular formula is C12H26N2. The molecule has 1 aliphatic carbocycles. The van der Waals surface area contributed by atoms with Crippen molar-refractivity contribution in [2.75, 3.05) is 0 Å². The summed E-state index contributed by atoms with van der Waals surface area (Å²) in [4.78, 5) is 0. The third-order valence-electron chi connectivity index (χ3n) is 4.05. The Morgan fingerprint density at radius 3 is 2.29 bits per heavy atom. The van der Waals surface area contributed by atoms with Gasteiger partial charge in [0.05, 0.1) is 0 Å². The van der Waals surface area contributed by atoms with E-state index in [9.17, 15) is 0 Å². The van der Waals surface area contributed by atoms with Crippen LogP contribution in [0.15, 0.2) is 0 Å². The predicted molar refractivity (Wildman–Crippen MR) is 61.8 cm³/mol. The van der Waals surface area contributed by atoms with Crippen molar-refractivity contribution in [3.05, 3.63) is 0 Å². The second-order valence-electron chi connectivity index (χ2n) is 5.38. The van der Waals surface area contributed by atoms with Crippen molar-refractivity contribution >= 4 is 0 Å². The third kappa shape index (κ3) is 2.71. The Balaban J connectivity index is 2.59. The van der Waals surface area contributed by atoms with Crippen LogP contribution in [0.5, 0.6) is 0 Å². The zero-order chi connectivity index (χ0) is 10.6. The molecule has 0 bridgehead atoms. The van der Waals surface area contributed by atoms with Crippen LogP contribution in [0, 0.1) is 11.3 Å². The monoisotopic (exact) mass is 198 g/mol. The Labute approximate surface area is 88.6 Å². The minimum atomic E-state index is 0.330. The molecular weight excluding hydrogens is 172 g/mol. The van der Waals surface area contributed by atoms with Crippen molar-refractivity contribution in [2.24, 2.45) is 17.2 Å². The van der Waals surface area contributed by atoms with Crippen molar-refractivity contribution in [2.45, 2.75) is 65.3 Å². The molecule has 0 amide bonds. The van der Waals surface area contributed by atoms with Crippen LogP contribution in [0.1, 0.15) is 59.3 Å². The first-order valence-corrected chi connectivity index (χ1v) is 6.08. The smallest absolute Gasteiger partial charge is 0.0289 e. The summed E-state index contributed by atoms with van der Waals surface area (Å²) in [5, 5.41) is 0. The van der Waals surface area contributed by atoms with Crippen molar-refractivity contribution in [3.63, 3.8) is 0 Å². The van der Waals surface area contributed by atoms with E-state index in [2.05, 4.69) is 26.2 Å². The molecule has 0 aliphatic heterocycles. The maximum absolute atomic E-state index is 5.72. The highest BCUT2D eigenvalue weighted by Crippen LogP contribution is 2.36. The van der Waals surface area contributed by atoms with Gasteiger partial charge < -0.3 is 0 Å². The fourth-order valence-corrected chi connectivity index (χ4v) is 2.69. The van der Waals surface area contributed by atoms with E-state index in [4.69, 9.17) is 5.84 Å². The van der Waals surface area contributed by atoms with Gasteiger partial charge in [0.2, 0.25) is 0 Å². The summed E-state index contributed by atoms with van der Waals surface area (Å²) < 4.78 is 0. The van der Waals surface area contributed by atoms with Gasteiger partial charge in [0.1, 0.15) is 0 Å². The van der Waals surface area contributed by atoms with Gasteiger partial charge in [-0.3, -0.25) is 11.3 Å². The first-order chi connectivity index (χ1) is 6.61. The van der Waals surface area contributed by atoms with E-state index in [1.807, 2.05) is 0 Å². The highest BCUT2D eigenvalue weighted by molar-refractivity contribution is 4.88. The van der Waals surface area contributed by atoms with Gasteiger partial charge in [-0.25, -0.2) is 0 Å². The molecule has 2 nitrogen and oxygen atoms in total. The van der Waals surface area contributed by atoms with E-state index >= 15 is 0 Å². The molecule has 1 unspecified atom stereocenters. The molecule has 3 N–H and O–H groups in total. The summed E-state index contributed by atoms with van der Waals surface area (Å²) >= 11 is 0. The van der Waals surface area contributed by atoms with Crippen LogP contribution < -0.4 is 11.3 Å². The quantitative estimate of drug-likeness (QED) is 0.538. The molecule has 1 rings (SSSR count). The Bertz CT molecular complexity index is 160. The lowest BCUT2D eigenvalue weighted by Crippen LogP contribution is -2.50. The first-order valence-electron chi connectivity index (χ1n) is 6.08. The van der Waals surface area contributed by atoms with Gasteiger partial charge in [-0.05, 0) is 30.6 Å². The maximum atomic E-state index is 5.72. The van der Waals surface area contributed by atoms with Gasteiger partial charge in [0, 0.05) is 6.04 Å². The lowest BCUT2D eigenvalue weighted by atomic mass is 9.71. The average Bonchev–Trinajstić information content (AvgIpc) is 2.20. The minimum absolute atomic E-state index is 0.330. The SMILES string of the molecule is CCC(C)(C)C(NN)C1CCCCC1. The molecule has 0 spiro atoms. The fourth-order valence-electron chi connectivity index (χ4n) is 2.69. The Morgan fingerprint density at radius 2 is 1.86 bits per heavy atom. The largest absolute Gasteiger partial charge is 0.271 e. The van der Waals surface area contributed by atoms with Gasteiger partial charge in [0.25, 0.3) is 0 Å². The van der Waals surface area contributed by atoms with E-state index < -0.39 is 0 Å². The number of hydrogen-bond acceptors (Lipinski definition) is 2. The van der Waals surface area contributed by atoms with Crippen LogP contribution in [0.25, 0.3) is 0 Å². The molecule has 0 radical (unpaired) electrons. The molecule has 0 aromatic heterocycles. The normalized spacial score (nSPS) is 22.3. The summed E-state index contributed by atoms with van der Waals surface area (Å²) in [6.07, 6.45) is 8.11. The first kappa shape index (κ1) is 12.0. The predicted octanol–water partition coefficient (Wildman–Crippen LogP) is 2.83. The lowest BCUT2D eigenvalue weighted by molar-refractivity contribution is 0.138. The van der Waals surface area contributed by atoms with Crippen LogP contribution in [0.3, 0.4) is 0 Å². The molecule has 0 saturated heterocycles. The minimum Gasteiger partial charge on any atom is -0.271 e. The Morgan fingerprint density at radius 1 is 1.29 bits per heavy atom. The van der Waals surface area contributed by atoms with E-state index in [1.165, 1.54) is 38.5 Å². The lowest BCUT2D eigenvalue weighted by Gasteiger charge is -2.40. The Hall–Kier alpha value is -0.0800. The van der Waals surface area contributed by atoms with Gasteiger partial charge in [-0.2, -0.15) is 0 Å². The molecule has 0 aromatic carbocycles. The topological polar surface area (TPSA) is 38.0 Å². The average molecular weight is 198 g/mol. The number of rotatable bonds is 4. The van der Waals surface area contributed by atoms with Gasteiger partial charge in [-0.1, -0.05) is 40.0 Å². The molecule has 0 aromatic rings. The van der Waals surface area contributed by atoms with Gasteiger partial charge in [0.15, 0.2) is 0 Å². The molecule has 0 heterocycles. The van der Waals surface area contributed by atoms with Gasteiger partial charge >= 0.3 is 0 Å².